The van der Waals surface area contributed by atoms with Crippen LogP contribution >= 0.6 is 0 Å². The highest BCUT2D eigenvalue weighted by atomic mass is 19.1. The van der Waals surface area contributed by atoms with Crippen LogP contribution in [0.25, 0.3) is 0 Å². The molecular weight excluding hydrogens is 243 g/mol. The van der Waals surface area contributed by atoms with Crippen molar-refractivity contribution < 1.29 is 9.18 Å². The van der Waals surface area contributed by atoms with E-state index >= 15 is 0 Å². The topological polar surface area (TPSA) is 55.1 Å². The molecule has 2 unspecified atom stereocenters. The van der Waals surface area contributed by atoms with Gasteiger partial charge in [0, 0.05) is 11.7 Å². The Morgan fingerprint density at radius 2 is 2.26 bits per heavy atom. The maximum atomic E-state index is 13.7. The monoisotopic (exact) mass is 264 g/mol. The van der Waals surface area contributed by atoms with E-state index in [-0.39, 0.29) is 17.5 Å². The van der Waals surface area contributed by atoms with Crippen molar-refractivity contribution in [1.82, 2.24) is 5.32 Å². The summed E-state index contributed by atoms with van der Waals surface area (Å²) in [6.07, 6.45) is 5.49. The van der Waals surface area contributed by atoms with Gasteiger partial charge in [-0.15, -0.1) is 0 Å². The molecule has 1 aliphatic carbocycles. The molecule has 0 heterocycles. The van der Waals surface area contributed by atoms with Gasteiger partial charge in [-0.3, -0.25) is 4.79 Å². The van der Waals surface area contributed by atoms with Crippen LogP contribution in [0.2, 0.25) is 0 Å². The Bertz CT molecular complexity index is 461. The van der Waals surface area contributed by atoms with Crippen molar-refractivity contribution in [2.24, 2.45) is 5.92 Å². The normalized spacial score (nSPS) is 23.1. The molecule has 1 aromatic carbocycles. The number of halogens is 1. The van der Waals surface area contributed by atoms with Gasteiger partial charge in [-0.05, 0) is 37.0 Å². The number of nitrogens with one attached hydrogen (secondary N) is 1. The summed E-state index contributed by atoms with van der Waals surface area (Å²) in [5, 5.41) is 2.94. The number of hydrogen-bond donors (Lipinski definition) is 2. The van der Waals surface area contributed by atoms with Gasteiger partial charge in [-0.1, -0.05) is 26.2 Å². The number of amides is 1. The van der Waals surface area contributed by atoms with Gasteiger partial charge in [0.1, 0.15) is 5.82 Å². The summed E-state index contributed by atoms with van der Waals surface area (Å²) in [6.45, 7) is 2.18. The van der Waals surface area contributed by atoms with Gasteiger partial charge in [-0.2, -0.15) is 0 Å². The van der Waals surface area contributed by atoms with Crippen LogP contribution in [0.3, 0.4) is 0 Å². The van der Waals surface area contributed by atoms with Crippen LogP contribution in [0.5, 0.6) is 0 Å². The molecule has 0 spiro atoms. The summed E-state index contributed by atoms with van der Waals surface area (Å²) in [5.41, 5.74) is 5.88. The average molecular weight is 264 g/mol. The van der Waals surface area contributed by atoms with Crippen molar-refractivity contribution in [2.45, 2.75) is 45.1 Å². The molecule has 3 nitrogen and oxygen atoms in total. The van der Waals surface area contributed by atoms with E-state index < -0.39 is 5.82 Å². The third kappa shape index (κ3) is 3.46. The molecule has 3 N–H and O–H groups in total. The summed E-state index contributed by atoms with van der Waals surface area (Å²) >= 11 is 0. The molecule has 2 rings (SSSR count). The van der Waals surface area contributed by atoms with Gasteiger partial charge in [0.25, 0.3) is 5.91 Å². The Morgan fingerprint density at radius 1 is 1.47 bits per heavy atom. The molecule has 1 aliphatic rings. The third-order valence-corrected chi connectivity index (χ3v) is 3.93. The fraction of sp³-hybridized carbons (Fsp3) is 0.533. The highest BCUT2D eigenvalue weighted by molar-refractivity contribution is 5.95. The van der Waals surface area contributed by atoms with Crippen LogP contribution in [0.1, 0.15) is 49.4 Å². The Labute approximate surface area is 113 Å². The van der Waals surface area contributed by atoms with Gasteiger partial charge in [0.05, 0.1) is 5.56 Å². The summed E-state index contributed by atoms with van der Waals surface area (Å²) in [5.74, 6) is -0.213. The number of rotatable bonds is 3. The minimum atomic E-state index is -0.555. The first-order chi connectivity index (χ1) is 9.10. The minimum Gasteiger partial charge on any atom is -0.399 e. The third-order valence-electron chi connectivity index (χ3n) is 3.93. The van der Waals surface area contributed by atoms with Crippen LogP contribution in [-0.2, 0) is 0 Å². The second kappa shape index (κ2) is 6.04. The maximum Gasteiger partial charge on any atom is 0.254 e. The lowest BCUT2D eigenvalue weighted by Gasteiger charge is -2.29. The molecule has 2 atom stereocenters. The summed E-state index contributed by atoms with van der Waals surface area (Å²) in [6, 6.07) is 4.35. The lowest BCUT2D eigenvalue weighted by atomic mass is 9.84. The second-order valence-corrected chi connectivity index (χ2v) is 5.35. The zero-order valence-corrected chi connectivity index (χ0v) is 11.3. The van der Waals surface area contributed by atoms with Crippen molar-refractivity contribution in [3.63, 3.8) is 0 Å². The quantitative estimate of drug-likeness (QED) is 0.824. The van der Waals surface area contributed by atoms with Crippen molar-refractivity contribution in [3.05, 3.63) is 29.6 Å². The average Bonchev–Trinajstić information content (AvgIpc) is 2.38. The van der Waals surface area contributed by atoms with Gasteiger partial charge in [0.15, 0.2) is 0 Å². The molecule has 0 saturated heterocycles. The largest absolute Gasteiger partial charge is 0.399 e. The van der Waals surface area contributed by atoms with Crippen molar-refractivity contribution >= 4 is 11.6 Å². The van der Waals surface area contributed by atoms with Crippen LogP contribution in [0, 0.1) is 11.7 Å². The molecule has 1 amide bonds. The van der Waals surface area contributed by atoms with Gasteiger partial charge in [0.2, 0.25) is 0 Å². The Kier molecular flexibility index (Phi) is 4.40. The molecule has 1 saturated carbocycles. The Hall–Kier alpha value is -1.58. The SMILES string of the molecule is CCC1CCCC(NC(=O)c2ccc(N)cc2F)C1. The zero-order valence-electron chi connectivity index (χ0n) is 11.3. The van der Waals surface area contributed by atoms with Gasteiger partial charge < -0.3 is 11.1 Å². The summed E-state index contributed by atoms with van der Waals surface area (Å²) < 4.78 is 13.7. The first kappa shape index (κ1) is 13.8. The van der Waals surface area contributed by atoms with E-state index in [1.807, 2.05) is 0 Å². The molecule has 0 aliphatic heterocycles. The number of nitrogen functional groups attached to an aromatic ring is 1. The van der Waals surface area contributed by atoms with Gasteiger partial charge >= 0.3 is 0 Å². The Morgan fingerprint density at radius 3 is 2.95 bits per heavy atom. The van der Waals surface area contributed by atoms with E-state index in [9.17, 15) is 9.18 Å². The van der Waals surface area contributed by atoms with Crippen LogP contribution in [0.4, 0.5) is 10.1 Å². The van der Waals surface area contributed by atoms with Crippen molar-refractivity contribution in [2.75, 3.05) is 5.73 Å². The van der Waals surface area contributed by atoms with E-state index in [2.05, 4.69) is 12.2 Å². The maximum absolute atomic E-state index is 13.7. The fourth-order valence-corrected chi connectivity index (χ4v) is 2.77. The molecule has 1 fully saturated rings. The van der Waals surface area contributed by atoms with Gasteiger partial charge in [-0.25, -0.2) is 4.39 Å². The number of benzene rings is 1. The first-order valence-electron chi connectivity index (χ1n) is 6.96. The molecular formula is C15H21FN2O. The van der Waals surface area contributed by atoms with E-state index in [0.717, 1.165) is 25.7 Å². The molecule has 0 radical (unpaired) electrons. The number of nitrogens with two attached hydrogens (primary N) is 1. The number of carbonyl (C=O) groups is 1. The van der Waals surface area contributed by atoms with Crippen LogP contribution in [-0.4, -0.2) is 11.9 Å². The van der Waals surface area contributed by atoms with Crippen LogP contribution < -0.4 is 11.1 Å². The van der Waals surface area contributed by atoms with Crippen LogP contribution in [0.15, 0.2) is 18.2 Å². The Balaban J connectivity index is 2.00. The minimum absolute atomic E-state index is 0.0767. The lowest BCUT2D eigenvalue weighted by Crippen LogP contribution is -2.38. The van der Waals surface area contributed by atoms with E-state index in [4.69, 9.17) is 5.73 Å². The standard InChI is InChI=1S/C15H21FN2O/c1-2-10-4-3-5-12(8-10)18-15(19)13-7-6-11(17)9-14(13)16/h6-7,9-10,12H,2-5,8,17H2,1H3,(H,18,19). The molecule has 19 heavy (non-hydrogen) atoms. The summed E-state index contributed by atoms with van der Waals surface area (Å²) in [7, 11) is 0. The highest BCUT2D eigenvalue weighted by Gasteiger charge is 2.23. The lowest BCUT2D eigenvalue weighted by molar-refractivity contribution is 0.0915. The summed E-state index contributed by atoms with van der Waals surface area (Å²) in [4.78, 5) is 12.0. The molecule has 4 heteroatoms. The number of hydrogen-bond acceptors (Lipinski definition) is 2. The highest BCUT2D eigenvalue weighted by Crippen LogP contribution is 2.26. The number of anilines is 1. The molecule has 1 aromatic rings. The van der Waals surface area contributed by atoms with E-state index in [1.165, 1.54) is 18.6 Å². The predicted octanol–water partition coefficient (Wildman–Crippen LogP) is 3.11. The fourth-order valence-electron chi connectivity index (χ4n) is 2.77. The molecule has 0 bridgehead atoms. The molecule has 0 aromatic heterocycles. The molecule has 104 valence electrons. The smallest absolute Gasteiger partial charge is 0.254 e. The van der Waals surface area contributed by atoms with Crippen molar-refractivity contribution in [3.8, 4) is 0 Å². The zero-order chi connectivity index (χ0) is 13.8. The first-order valence-corrected chi connectivity index (χ1v) is 6.96. The van der Waals surface area contributed by atoms with Crippen molar-refractivity contribution in [1.29, 1.82) is 0 Å². The second-order valence-electron chi connectivity index (χ2n) is 5.35. The predicted molar refractivity (Wildman–Crippen MR) is 74.3 cm³/mol. The number of carbonyl (C=O) groups excluding carboxylic acids is 1. The van der Waals surface area contributed by atoms with E-state index in [1.54, 1.807) is 6.07 Å². The van der Waals surface area contributed by atoms with E-state index in [0.29, 0.717) is 11.6 Å².